The molecule has 0 atom stereocenters. The van der Waals surface area contributed by atoms with Crippen LogP contribution in [0.5, 0.6) is 0 Å². The molecule has 0 aromatic heterocycles. The number of esters is 2. The number of alkyl halides is 12. The van der Waals surface area contributed by atoms with Crippen molar-refractivity contribution in [3.05, 3.63) is 59.7 Å². The van der Waals surface area contributed by atoms with Gasteiger partial charge in [0.05, 0.1) is 11.1 Å². The van der Waals surface area contributed by atoms with Crippen molar-refractivity contribution < 1.29 is 71.7 Å². The van der Waals surface area contributed by atoms with Crippen molar-refractivity contribution >= 4 is 11.9 Å². The van der Waals surface area contributed by atoms with Crippen molar-refractivity contribution in [3.63, 3.8) is 0 Å². The van der Waals surface area contributed by atoms with E-state index in [1.165, 1.54) is 0 Å². The van der Waals surface area contributed by atoms with E-state index in [1.54, 1.807) is 0 Å². The first kappa shape index (κ1) is 28.8. The summed E-state index contributed by atoms with van der Waals surface area (Å²) in [4.78, 5) is 24.5. The molecule has 0 saturated carbocycles. The summed E-state index contributed by atoms with van der Waals surface area (Å²) >= 11 is 0. The van der Waals surface area contributed by atoms with Gasteiger partial charge in [-0.2, -0.15) is 52.7 Å². The molecule has 0 fully saturated rings. The molecule has 0 amide bonds. The Labute approximate surface area is 192 Å². The highest BCUT2D eigenvalue weighted by atomic mass is 19.4. The number of ether oxygens (including phenoxy) is 2. The monoisotopic (exact) mass is 542 g/mol. The highest BCUT2D eigenvalue weighted by Crippen LogP contribution is 2.39. The van der Waals surface area contributed by atoms with Gasteiger partial charge in [-0.25, -0.2) is 9.59 Å². The second-order valence-electron chi connectivity index (χ2n) is 6.83. The fourth-order valence-electron chi connectivity index (χ4n) is 2.77. The van der Waals surface area contributed by atoms with Gasteiger partial charge >= 0.3 is 36.6 Å². The SMILES string of the molecule is O=C(OC(C(F)(F)F)C(F)(F)F)c1ccccc1-c1ccccc1C(=O)OC(C(F)(F)F)C(F)(F)F. The van der Waals surface area contributed by atoms with Crippen LogP contribution in [0.1, 0.15) is 20.7 Å². The van der Waals surface area contributed by atoms with Gasteiger partial charge in [-0.1, -0.05) is 36.4 Å². The molecule has 0 aliphatic heterocycles. The van der Waals surface area contributed by atoms with Gasteiger partial charge in [0.25, 0.3) is 12.2 Å². The Morgan fingerprint density at radius 2 is 0.750 bits per heavy atom. The van der Waals surface area contributed by atoms with Crippen molar-refractivity contribution in [1.29, 1.82) is 0 Å². The molecule has 16 heteroatoms. The third-order valence-electron chi connectivity index (χ3n) is 4.22. The van der Waals surface area contributed by atoms with E-state index in [-0.39, 0.29) is 0 Å². The number of hydrogen-bond acceptors (Lipinski definition) is 4. The largest absolute Gasteiger partial charge is 0.439 e. The second-order valence-corrected chi connectivity index (χ2v) is 6.83. The molecule has 0 N–H and O–H groups in total. The summed E-state index contributed by atoms with van der Waals surface area (Å²) in [6, 6.07) is 7.07. The lowest BCUT2D eigenvalue weighted by atomic mass is 9.95. The average molecular weight is 542 g/mol. The van der Waals surface area contributed by atoms with Gasteiger partial charge < -0.3 is 9.47 Å². The van der Waals surface area contributed by atoms with Crippen LogP contribution in [-0.4, -0.2) is 48.9 Å². The van der Waals surface area contributed by atoms with Gasteiger partial charge in [0, 0.05) is 0 Å². The molecule has 0 unspecified atom stereocenters. The number of rotatable bonds is 5. The molecule has 2 rings (SSSR count). The minimum absolute atomic E-state index is 0.645. The first-order valence-electron chi connectivity index (χ1n) is 9.12. The standard InChI is InChI=1S/C20H10F12O4/c21-17(22,23)15(18(24,25)26)35-13(33)11-7-3-1-5-9(11)10-6-2-4-8-12(10)14(34)36-16(19(27,28)29)20(30,31)32/h1-8,15-16H. The maximum Gasteiger partial charge on any atom is 0.434 e. The Bertz CT molecular complexity index is 984. The van der Waals surface area contributed by atoms with Crippen molar-refractivity contribution in [1.82, 2.24) is 0 Å². The van der Waals surface area contributed by atoms with E-state index < -0.39 is 71.1 Å². The van der Waals surface area contributed by atoms with E-state index >= 15 is 0 Å². The van der Waals surface area contributed by atoms with E-state index in [0.29, 0.717) is 12.1 Å². The van der Waals surface area contributed by atoms with Gasteiger partial charge in [-0.15, -0.1) is 0 Å². The van der Waals surface area contributed by atoms with Gasteiger partial charge in [0.1, 0.15) is 0 Å². The maximum atomic E-state index is 12.8. The summed E-state index contributed by atoms with van der Waals surface area (Å²) in [5.41, 5.74) is -3.32. The number of hydrogen-bond donors (Lipinski definition) is 0. The zero-order chi connectivity index (χ0) is 27.7. The Hall–Kier alpha value is -3.46. The topological polar surface area (TPSA) is 52.6 Å². The van der Waals surface area contributed by atoms with Crippen molar-refractivity contribution in [2.75, 3.05) is 0 Å². The number of carbonyl (C=O) groups excluding carboxylic acids is 2. The highest BCUT2D eigenvalue weighted by molar-refractivity contribution is 6.03. The van der Waals surface area contributed by atoms with Gasteiger partial charge in [0.15, 0.2) is 0 Å². The summed E-state index contributed by atoms with van der Waals surface area (Å²) in [5, 5.41) is 0. The minimum Gasteiger partial charge on any atom is -0.439 e. The lowest BCUT2D eigenvalue weighted by Crippen LogP contribution is -2.45. The fourth-order valence-corrected chi connectivity index (χ4v) is 2.77. The summed E-state index contributed by atoms with van der Waals surface area (Å²) in [6.45, 7) is 0. The molecule has 198 valence electrons. The van der Waals surface area contributed by atoms with Crippen molar-refractivity contribution in [2.45, 2.75) is 36.9 Å². The Morgan fingerprint density at radius 3 is 1.00 bits per heavy atom. The van der Waals surface area contributed by atoms with E-state index in [4.69, 9.17) is 0 Å². The van der Waals surface area contributed by atoms with Gasteiger partial charge in [0.2, 0.25) is 0 Å². The Kier molecular flexibility index (Phi) is 7.90. The third-order valence-corrected chi connectivity index (χ3v) is 4.22. The minimum atomic E-state index is -6.07. The smallest absolute Gasteiger partial charge is 0.434 e. The lowest BCUT2D eigenvalue weighted by molar-refractivity contribution is -0.308. The van der Waals surface area contributed by atoms with E-state index in [0.717, 1.165) is 36.4 Å². The van der Waals surface area contributed by atoms with Crippen LogP contribution in [0.3, 0.4) is 0 Å². The first-order valence-corrected chi connectivity index (χ1v) is 9.12. The quantitative estimate of drug-likeness (QED) is 0.314. The first-order chi connectivity index (χ1) is 16.2. The average Bonchev–Trinajstić information content (AvgIpc) is 2.72. The van der Waals surface area contributed by atoms with Crippen LogP contribution in [-0.2, 0) is 9.47 Å². The molecule has 0 heterocycles. The summed E-state index contributed by atoms with van der Waals surface area (Å²) in [5.74, 6) is -4.39. The molecule has 36 heavy (non-hydrogen) atoms. The summed E-state index contributed by atoms with van der Waals surface area (Å²) < 4.78 is 160. The van der Waals surface area contributed by atoms with Crippen LogP contribution in [0.4, 0.5) is 52.7 Å². The normalized spacial score (nSPS) is 13.2. The highest BCUT2D eigenvalue weighted by Gasteiger charge is 2.61. The van der Waals surface area contributed by atoms with Crippen LogP contribution in [0, 0.1) is 0 Å². The molecule has 4 nitrogen and oxygen atoms in total. The molecule has 2 aromatic rings. The molecule has 0 spiro atoms. The van der Waals surface area contributed by atoms with Crippen LogP contribution >= 0.6 is 0 Å². The number of benzene rings is 2. The zero-order valence-corrected chi connectivity index (χ0v) is 16.9. The Morgan fingerprint density at radius 1 is 0.500 bits per heavy atom. The molecular weight excluding hydrogens is 532 g/mol. The summed E-state index contributed by atoms with van der Waals surface area (Å²) in [6.07, 6.45) is -33.4. The van der Waals surface area contributed by atoms with Gasteiger partial charge in [-0.3, -0.25) is 0 Å². The van der Waals surface area contributed by atoms with Crippen LogP contribution in [0.25, 0.3) is 11.1 Å². The van der Waals surface area contributed by atoms with Crippen molar-refractivity contribution in [3.8, 4) is 11.1 Å². The maximum absolute atomic E-state index is 12.8. The third kappa shape index (κ3) is 6.81. The van der Waals surface area contributed by atoms with E-state index in [2.05, 4.69) is 9.47 Å². The lowest BCUT2D eigenvalue weighted by Gasteiger charge is -2.24. The van der Waals surface area contributed by atoms with E-state index in [9.17, 15) is 62.3 Å². The van der Waals surface area contributed by atoms with Crippen LogP contribution in [0.15, 0.2) is 48.5 Å². The predicted molar refractivity (Wildman–Crippen MR) is 94.5 cm³/mol. The molecule has 0 aliphatic rings. The second kappa shape index (κ2) is 9.89. The summed E-state index contributed by atoms with van der Waals surface area (Å²) in [7, 11) is 0. The molecule has 0 radical (unpaired) electrons. The van der Waals surface area contributed by atoms with Crippen LogP contribution in [0.2, 0.25) is 0 Å². The van der Waals surface area contributed by atoms with Crippen molar-refractivity contribution in [2.24, 2.45) is 0 Å². The fraction of sp³-hybridized carbons (Fsp3) is 0.300. The number of halogens is 12. The molecular formula is C20H10F12O4. The molecule has 0 aliphatic carbocycles. The zero-order valence-electron chi connectivity index (χ0n) is 16.9. The van der Waals surface area contributed by atoms with E-state index in [1.807, 2.05) is 0 Å². The number of carbonyl (C=O) groups is 2. The van der Waals surface area contributed by atoms with Gasteiger partial charge in [-0.05, 0) is 23.3 Å². The molecule has 0 bridgehead atoms. The predicted octanol–water partition coefficient (Wildman–Crippen LogP) is 6.65. The molecule has 2 aromatic carbocycles. The Balaban J connectivity index is 2.53. The van der Waals surface area contributed by atoms with Crippen LogP contribution < -0.4 is 0 Å². The molecule has 0 saturated heterocycles.